The summed E-state index contributed by atoms with van der Waals surface area (Å²) >= 11 is 15.6. The van der Waals surface area contributed by atoms with Crippen LogP contribution in [0.5, 0.6) is 17.2 Å². The molecule has 0 aliphatic heterocycles. The molecule has 0 aromatic heterocycles. The SMILES string of the molecule is COc1ccc(C)cc1N(CC(=O)N/N=C\c1cc(Br)c(OCc2ccc(Cl)cc2Cl)c(OC)c1)S(C)(=O)=O. The molecule has 0 radical (unpaired) electrons. The average molecular weight is 659 g/mol. The number of hydrogen-bond acceptors (Lipinski definition) is 7. The fourth-order valence-electron chi connectivity index (χ4n) is 3.46. The first-order valence-electron chi connectivity index (χ1n) is 11.3. The number of sulfonamides is 1. The Hall–Kier alpha value is -2.99. The van der Waals surface area contributed by atoms with Crippen molar-refractivity contribution in [1.29, 1.82) is 0 Å². The summed E-state index contributed by atoms with van der Waals surface area (Å²) in [5, 5.41) is 4.97. The number of carbonyl (C=O) groups excluding carboxylic acids is 1. The molecule has 3 rings (SSSR count). The maximum Gasteiger partial charge on any atom is 0.260 e. The second-order valence-corrected chi connectivity index (χ2v) is 11.9. The Morgan fingerprint density at radius 3 is 2.44 bits per heavy atom. The zero-order valence-electron chi connectivity index (χ0n) is 21.5. The van der Waals surface area contributed by atoms with E-state index in [0.29, 0.717) is 37.3 Å². The molecule has 0 spiro atoms. The molecule has 0 saturated heterocycles. The number of hydrazone groups is 1. The van der Waals surface area contributed by atoms with Crippen molar-refractivity contribution >= 4 is 67.0 Å². The molecule has 208 valence electrons. The highest BCUT2D eigenvalue weighted by Crippen LogP contribution is 2.37. The van der Waals surface area contributed by atoms with E-state index in [-0.39, 0.29) is 12.3 Å². The van der Waals surface area contributed by atoms with E-state index in [2.05, 4.69) is 26.5 Å². The van der Waals surface area contributed by atoms with Gasteiger partial charge in [0.25, 0.3) is 5.91 Å². The minimum Gasteiger partial charge on any atom is -0.495 e. The zero-order valence-corrected chi connectivity index (χ0v) is 25.4. The topological polar surface area (TPSA) is 107 Å². The van der Waals surface area contributed by atoms with Crippen LogP contribution in [0.2, 0.25) is 10.0 Å². The molecule has 0 atom stereocenters. The summed E-state index contributed by atoms with van der Waals surface area (Å²) in [6, 6.07) is 13.6. The summed E-state index contributed by atoms with van der Waals surface area (Å²) in [5.74, 6) is 0.531. The van der Waals surface area contributed by atoms with Crippen LogP contribution in [-0.2, 0) is 21.4 Å². The van der Waals surface area contributed by atoms with Gasteiger partial charge in [0.2, 0.25) is 10.0 Å². The molecule has 0 unspecified atom stereocenters. The zero-order chi connectivity index (χ0) is 28.7. The van der Waals surface area contributed by atoms with Gasteiger partial charge in [0.05, 0.1) is 36.9 Å². The summed E-state index contributed by atoms with van der Waals surface area (Å²) < 4.78 is 43.1. The van der Waals surface area contributed by atoms with Crippen molar-refractivity contribution in [3.05, 3.63) is 79.7 Å². The van der Waals surface area contributed by atoms with Gasteiger partial charge < -0.3 is 14.2 Å². The van der Waals surface area contributed by atoms with Gasteiger partial charge in [-0.2, -0.15) is 5.10 Å². The Labute approximate surface area is 245 Å². The van der Waals surface area contributed by atoms with Crippen LogP contribution in [0.1, 0.15) is 16.7 Å². The number of anilines is 1. The van der Waals surface area contributed by atoms with Crippen molar-refractivity contribution in [2.45, 2.75) is 13.5 Å². The molecule has 13 heteroatoms. The molecule has 3 aromatic carbocycles. The van der Waals surface area contributed by atoms with Crippen LogP contribution in [0.15, 0.2) is 58.1 Å². The fourth-order valence-corrected chi connectivity index (χ4v) is 5.35. The first-order valence-corrected chi connectivity index (χ1v) is 14.7. The number of carbonyl (C=O) groups is 1. The molecular weight excluding hydrogens is 633 g/mol. The summed E-state index contributed by atoms with van der Waals surface area (Å²) in [5.41, 5.74) is 4.74. The normalized spacial score (nSPS) is 11.4. The maximum atomic E-state index is 12.6. The van der Waals surface area contributed by atoms with Gasteiger partial charge in [0.1, 0.15) is 18.9 Å². The number of nitrogens with one attached hydrogen (secondary N) is 1. The van der Waals surface area contributed by atoms with E-state index in [1.54, 1.807) is 48.5 Å². The van der Waals surface area contributed by atoms with Crippen molar-refractivity contribution in [3.8, 4) is 17.2 Å². The molecule has 3 aromatic rings. The van der Waals surface area contributed by atoms with E-state index in [4.69, 9.17) is 37.4 Å². The number of nitrogens with zero attached hydrogens (tertiary/aromatic N) is 2. The second-order valence-electron chi connectivity index (χ2n) is 8.30. The Morgan fingerprint density at radius 2 is 1.79 bits per heavy atom. The van der Waals surface area contributed by atoms with E-state index < -0.39 is 22.5 Å². The number of halogens is 3. The number of benzene rings is 3. The van der Waals surface area contributed by atoms with Gasteiger partial charge >= 0.3 is 0 Å². The molecular formula is C26H26BrCl2N3O6S. The predicted octanol–water partition coefficient (Wildman–Crippen LogP) is 5.58. The monoisotopic (exact) mass is 657 g/mol. The van der Waals surface area contributed by atoms with Gasteiger partial charge in [-0.3, -0.25) is 9.10 Å². The molecule has 1 amide bonds. The van der Waals surface area contributed by atoms with Crippen molar-refractivity contribution in [2.75, 3.05) is 31.3 Å². The highest BCUT2D eigenvalue weighted by molar-refractivity contribution is 9.10. The molecule has 0 fully saturated rings. The lowest BCUT2D eigenvalue weighted by Gasteiger charge is -2.23. The van der Waals surface area contributed by atoms with E-state index in [1.807, 2.05) is 6.92 Å². The number of rotatable bonds is 11. The van der Waals surface area contributed by atoms with E-state index >= 15 is 0 Å². The molecule has 0 heterocycles. The van der Waals surface area contributed by atoms with Crippen molar-refractivity contribution in [3.63, 3.8) is 0 Å². The first-order chi connectivity index (χ1) is 18.4. The van der Waals surface area contributed by atoms with Crippen molar-refractivity contribution < 1.29 is 27.4 Å². The molecule has 39 heavy (non-hydrogen) atoms. The van der Waals surface area contributed by atoms with E-state index in [0.717, 1.165) is 21.7 Å². The summed E-state index contributed by atoms with van der Waals surface area (Å²) in [4.78, 5) is 12.6. The maximum absolute atomic E-state index is 12.6. The van der Waals surface area contributed by atoms with Crippen molar-refractivity contribution in [2.24, 2.45) is 5.10 Å². The first kappa shape index (κ1) is 30.6. The Bertz CT molecular complexity index is 1500. The number of amides is 1. The Morgan fingerprint density at radius 1 is 1.08 bits per heavy atom. The quantitative estimate of drug-likeness (QED) is 0.213. The van der Waals surface area contributed by atoms with Crippen LogP contribution < -0.4 is 23.9 Å². The van der Waals surface area contributed by atoms with Crippen molar-refractivity contribution in [1.82, 2.24) is 5.43 Å². The molecule has 9 nitrogen and oxygen atoms in total. The lowest BCUT2D eigenvalue weighted by Crippen LogP contribution is -2.39. The summed E-state index contributed by atoms with van der Waals surface area (Å²) in [7, 11) is -0.883. The smallest absolute Gasteiger partial charge is 0.260 e. The highest BCUT2D eigenvalue weighted by atomic mass is 79.9. The Balaban J connectivity index is 1.72. The number of methoxy groups -OCH3 is 2. The summed E-state index contributed by atoms with van der Waals surface area (Å²) in [6.07, 6.45) is 2.41. The number of aryl methyl sites for hydroxylation is 1. The van der Waals surface area contributed by atoms with Gasteiger partial charge in [-0.15, -0.1) is 0 Å². The molecule has 0 saturated carbocycles. The van der Waals surface area contributed by atoms with Crippen LogP contribution >= 0.6 is 39.1 Å². The highest BCUT2D eigenvalue weighted by Gasteiger charge is 2.24. The fraction of sp³-hybridized carbons (Fsp3) is 0.231. The summed E-state index contributed by atoms with van der Waals surface area (Å²) in [6.45, 7) is 1.49. The van der Waals surface area contributed by atoms with Gasteiger partial charge in [-0.25, -0.2) is 13.8 Å². The minimum atomic E-state index is -3.80. The van der Waals surface area contributed by atoms with Crippen LogP contribution in [0.3, 0.4) is 0 Å². The van der Waals surface area contributed by atoms with Crippen LogP contribution in [0, 0.1) is 6.92 Å². The largest absolute Gasteiger partial charge is 0.495 e. The standard InChI is InChI=1S/C26H26BrCl2N3O6S/c1-16-5-8-23(36-2)22(9-16)32(39(4,34)35)14-25(33)31-30-13-17-10-20(27)26(24(11-17)37-3)38-15-18-6-7-19(28)12-21(18)29/h5-13H,14-15H2,1-4H3,(H,31,33)/b30-13-. The molecule has 0 aliphatic carbocycles. The lowest BCUT2D eigenvalue weighted by molar-refractivity contribution is -0.119. The number of hydrogen-bond donors (Lipinski definition) is 1. The third kappa shape index (κ3) is 8.25. The number of ether oxygens (including phenoxy) is 3. The van der Waals surface area contributed by atoms with Gasteiger partial charge in [-0.05, 0) is 70.4 Å². The third-order valence-corrected chi connectivity index (χ3v) is 7.63. The van der Waals surface area contributed by atoms with E-state index in [9.17, 15) is 13.2 Å². The average Bonchev–Trinajstić information content (AvgIpc) is 2.86. The molecule has 0 aliphatic rings. The molecule has 0 bridgehead atoms. The van der Waals surface area contributed by atoms with E-state index in [1.165, 1.54) is 20.4 Å². The van der Waals surface area contributed by atoms with Crippen LogP contribution in [0.4, 0.5) is 5.69 Å². The van der Waals surface area contributed by atoms with Gasteiger partial charge in [0.15, 0.2) is 11.5 Å². The Kier molecular flexibility index (Phi) is 10.5. The van der Waals surface area contributed by atoms with Crippen LogP contribution in [0.25, 0.3) is 0 Å². The predicted molar refractivity (Wildman–Crippen MR) is 157 cm³/mol. The minimum absolute atomic E-state index is 0.178. The van der Waals surface area contributed by atoms with Crippen LogP contribution in [-0.4, -0.2) is 47.6 Å². The van der Waals surface area contributed by atoms with Gasteiger partial charge in [-0.1, -0.05) is 35.3 Å². The molecule has 1 N–H and O–H groups in total. The third-order valence-electron chi connectivity index (χ3n) is 5.33. The lowest BCUT2D eigenvalue weighted by atomic mass is 10.2. The van der Waals surface area contributed by atoms with Gasteiger partial charge in [0, 0.05) is 15.6 Å². The second kappa shape index (κ2) is 13.4.